The van der Waals surface area contributed by atoms with Gasteiger partial charge in [0.2, 0.25) is 0 Å². The van der Waals surface area contributed by atoms with E-state index in [1.165, 1.54) is 6.07 Å². The van der Waals surface area contributed by atoms with Crippen molar-refractivity contribution in [3.8, 4) is 0 Å². The molecule has 0 bridgehead atoms. The van der Waals surface area contributed by atoms with Gasteiger partial charge in [0, 0.05) is 22.6 Å². The van der Waals surface area contributed by atoms with Crippen LogP contribution in [0.3, 0.4) is 0 Å². The van der Waals surface area contributed by atoms with E-state index in [4.69, 9.17) is 4.42 Å². The molecule has 0 saturated heterocycles. The Bertz CT molecular complexity index is 625. The third kappa shape index (κ3) is 3.46. The fourth-order valence-electron chi connectivity index (χ4n) is 1.92. The monoisotopic (exact) mass is 338 g/mol. The summed E-state index contributed by atoms with van der Waals surface area (Å²) in [6, 6.07) is 8.72. The van der Waals surface area contributed by atoms with Crippen molar-refractivity contribution >= 4 is 21.6 Å². The van der Waals surface area contributed by atoms with Crippen LogP contribution in [0.15, 0.2) is 39.2 Å². The summed E-state index contributed by atoms with van der Waals surface area (Å²) < 4.78 is 6.35. The second kappa shape index (κ2) is 6.19. The first-order valence-corrected chi connectivity index (χ1v) is 6.99. The lowest BCUT2D eigenvalue weighted by molar-refractivity contribution is -0.385. The average molecular weight is 339 g/mol. The number of rotatable bonds is 5. The number of nitrogens with zero attached hydrogens (tertiary/aromatic N) is 1. The van der Waals surface area contributed by atoms with Gasteiger partial charge in [-0.1, -0.05) is 15.9 Å². The van der Waals surface area contributed by atoms with Gasteiger partial charge in [-0.2, -0.15) is 0 Å². The number of nitro benzene ring substituents is 1. The van der Waals surface area contributed by atoms with Crippen LogP contribution in [-0.2, 0) is 6.54 Å². The Kier molecular flexibility index (Phi) is 4.57. The molecule has 2 rings (SSSR count). The van der Waals surface area contributed by atoms with Crippen LogP contribution in [-0.4, -0.2) is 4.92 Å². The fourth-order valence-corrected chi connectivity index (χ4v) is 2.33. The van der Waals surface area contributed by atoms with Gasteiger partial charge in [0.25, 0.3) is 5.69 Å². The van der Waals surface area contributed by atoms with Crippen molar-refractivity contribution in [1.29, 1.82) is 0 Å². The second-order valence-corrected chi connectivity index (χ2v) is 5.50. The minimum Gasteiger partial charge on any atom is -0.465 e. The van der Waals surface area contributed by atoms with Crippen molar-refractivity contribution in [2.45, 2.75) is 26.4 Å². The molecule has 0 aliphatic heterocycles. The van der Waals surface area contributed by atoms with Crippen LogP contribution in [0.2, 0.25) is 0 Å². The van der Waals surface area contributed by atoms with Crippen molar-refractivity contribution in [1.82, 2.24) is 5.32 Å². The number of hydrogen-bond donors (Lipinski definition) is 1. The molecule has 5 nitrogen and oxygen atoms in total. The number of aryl methyl sites for hydroxylation is 1. The van der Waals surface area contributed by atoms with E-state index in [0.717, 1.165) is 16.0 Å². The van der Waals surface area contributed by atoms with Crippen LogP contribution in [0.5, 0.6) is 0 Å². The molecule has 1 atom stereocenters. The van der Waals surface area contributed by atoms with Crippen LogP contribution >= 0.6 is 15.9 Å². The van der Waals surface area contributed by atoms with E-state index in [1.54, 1.807) is 12.1 Å². The van der Waals surface area contributed by atoms with E-state index in [1.807, 2.05) is 26.0 Å². The minimum atomic E-state index is -0.370. The van der Waals surface area contributed by atoms with Crippen molar-refractivity contribution < 1.29 is 9.34 Å². The Morgan fingerprint density at radius 1 is 1.40 bits per heavy atom. The number of benzene rings is 1. The van der Waals surface area contributed by atoms with Crippen LogP contribution < -0.4 is 5.32 Å². The van der Waals surface area contributed by atoms with E-state index >= 15 is 0 Å². The van der Waals surface area contributed by atoms with Gasteiger partial charge in [0.05, 0.1) is 11.0 Å². The molecule has 0 radical (unpaired) electrons. The zero-order chi connectivity index (χ0) is 14.7. The molecule has 1 N–H and O–H groups in total. The Morgan fingerprint density at radius 2 is 2.15 bits per heavy atom. The van der Waals surface area contributed by atoms with Crippen LogP contribution in [0.1, 0.15) is 30.0 Å². The van der Waals surface area contributed by atoms with Gasteiger partial charge in [-0.25, -0.2) is 0 Å². The SMILES string of the molecule is Cc1ccc(C(C)NCc2cc(Br)ccc2[N+](=O)[O-])o1. The fraction of sp³-hybridized carbons (Fsp3) is 0.286. The number of furan rings is 1. The molecule has 0 aliphatic rings. The molecule has 106 valence electrons. The maximum atomic E-state index is 11.0. The number of halogens is 1. The number of nitro groups is 1. The third-order valence-corrected chi connectivity index (χ3v) is 3.52. The first kappa shape index (κ1) is 14.7. The molecule has 0 spiro atoms. The number of nitrogens with one attached hydrogen (secondary N) is 1. The molecule has 1 aromatic carbocycles. The quantitative estimate of drug-likeness (QED) is 0.657. The van der Waals surface area contributed by atoms with Crippen molar-refractivity contribution in [3.05, 3.63) is 62.0 Å². The first-order chi connectivity index (χ1) is 9.47. The zero-order valence-corrected chi connectivity index (χ0v) is 12.8. The predicted molar refractivity (Wildman–Crippen MR) is 79.5 cm³/mol. The maximum Gasteiger partial charge on any atom is 0.273 e. The third-order valence-electron chi connectivity index (χ3n) is 3.02. The van der Waals surface area contributed by atoms with Gasteiger partial charge < -0.3 is 9.73 Å². The van der Waals surface area contributed by atoms with E-state index in [2.05, 4.69) is 21.2 Å². The molecular weight excluding hydrogens is 324 g/mol. The summed E-state index contributed by atoms with van der Waals surface area (Å²) in [5, 5.41) is 14.2. The summed E-state index contributed by atoms with van der Waals surface area (Å²) >= 11 is 3.33. The Labute approximate surface area is 125 Å². The summed E-state index contributed by atoms with van der Waals surface area (Å²) in [4.78, 5) is 10.6. The summed E-state index contributed by atoms with van der Waals surface area (Å²) in [6.07, 6.45) is 0. The highest BCUT2D eigenvalue weighted by molar-refractivity contribution is 9.10. The summed E-state index contributed by atoms with van der Waals surface area (Å²) in [6.45, 7) is 4.24. The minimum absolute atomic E-state index is 0.0118. The predicted octanol–water partition coefficient (Wildman–Crippen LogP) is 4.11. The lowest BCUT2D eigenvalue weighted by Crippen LogP contribution is -2.18. The molecular formula is C14H15BrN2O3. The van der Waals surface area contributed by atoms with Gasteiger partial charge in [-0.3, -0.25) is 10.1 Å². The Hall–Kier alpha value is -1.66. The van der Waals surface area contributed by atoms with Gasteiger partial charge >= 0.3 is 0 Å². The van der Waals surface area contributed by atoms with Crippen LogP contribution in [0, 0.1) is 17.0 Å². The van der Waals surface area contributed by atoms with Crippen molar-refractivity contribution in [2.24, 2.45) is 0 Å². The smallest absolute Gasteiger partial charge is 0.273 e. The molecule has 6 heteroatoms. The molecule has 1 heterocycles. The van der Waals surface area contributed by atoms with Crippen molar-refractivity contribution in [2.75, 3.05) is 0 Å². The molecule has 1 unspecified atom stereocenters. The first-order valence-electron chi connectivity index (χ1n) is 6.20. The van der Waals surface area contributed by atoms with Crippen LogP contribution in [0.25, 0.3) is 0 Å². The largest absolute Gasteiger partial charge is 0.465 e. The van der Waals surface area contributed by atoms with E-state index in [0.29, 0.717) is 12.1 Å². The van der Waals surface area contributed by atoms with E-state index in [9.17, 15) is 10.1 Å². The van der Waals surface area contributed by atoms with Gasteiger partial charge in [0.1, 0.15) is 11.5 Å². The Balaban J connectivity index is 2.10. The molecule has 2 aromatic rings. The summed E-state index contributed by atoms with van der Waals surface area (Å²) in [5.74, 6) is 1.67. The lowest BCUT2D eigenvalue weighted by Gasteiger charge is -2.11. The van der Waals surface area contributed by atoms with Gasteiger partial charge in [-0.05, 0) is 38.1 Å². The molecule has 1 aromatic heterocycles. The maximum absolute atomic E-state index is 11.0. The Morgan fingerprint density at radius 3 is 2.75 bits per heavy atom. The highest BCUT2D eigenvalue weighted by Gasteiger charge is 2.15. The van der Waals surface area contributed by atoms with Crippen LogP contribution in [0.4, 0.5) is 5.69 Å². The standard InChI is InChI=1S/C14H15BrN2O3/c1-9-3-6-14(20-9)10(2)16-8-11-7-12(15)4-5-13(11)17(18)19/h3-7,10,16H,8H2,1-2H3. The zero-order valence-electron chi connectivity index (χ0n) is 11.2. The topological polar surface area (TPSA) is 68.3 Å². The second-order valence-electron chi connectivity index (χ2n) is 4.58. The molecule has 20 heavy (non-hydrogen) atoms. The number of hydrogen-bond acceptors (Lipinski definition) is 4. The van der Waals surface area contributed by atoms with Gasteiger partial charge in [0.15, 0.2) is 0 Å². The summed E-state index contributed by atoms with van der Waals surface area (Å²) in [5.41, 5.74) is 0.753. The molecule has 0 saturated carbocycles. The summed E-state index contributed by atoms with van der Waals surface area (Å²) in [7, 11) is 0. The lowest BCUT2D eigenvalue weighted by atomic mass is 10.1. The van der Waals surface area contributed by atoms with Crippen molar-refractivity contribution in [3.63, 3.8) is 0 Å². The molecule has 0 aliphatic carbocycles. The highest BCUT2D eigenvalue weighted by atomic mass is 79.9. The van der Waals surface area contributed by atoms with E-state index in [-0.39, 0.29) is 16.7 Å². The van der Waals surface area contributed by atoms with E-state index < -0.39 is 0 Å². The molecule has 0 fully saturated rings. The van der Waals surface area contributed by atoms with Gasteiger partial charge in [-0.15, -0.1) is 0 Å². The average Bonchev–Trinajstić information content (AvgIpc) is 2.82. The highest BCUT2D eigenvalue weighted by Crippen LogP contribution is 2.24. The normalized spacial score (nSPS) is 12.3. The molecule has 0 amide bonds.